The summed E-state index contributed by atoms with van der Waals surface area (Å²) in [5, 5.41) is 0. The van der Waals surface area contributed by atoms with E-state index in [0.29, 0.717) is 0 Å². The van der Waals surface area contributed by atoms with Crippen LogP contribution >= 0.6 is 0 Å². The average molecular weight is 308 g/mol. The molecule has 0 unspecified atom stereocenters. The lowest BCUT2D eigenvalue weighted by molar-refractivity contribution is 0.103. The number of hydrogen-bond donors (Lipinski definition) is 0. The highest BCUT2D eigenvalue weighted by Gasteiger charge is 2.23. The van der Waals surface area contributed by atoms with Gasteiger partial charge in [0.15, 0.2) is 5.78 Å². The number of unbranched alkanes of at least 4 members (excludes halogenated alkanes) is 1. The summed E-state index contributed by atoms with van der Waals surface area (Å²) in [4.78, 5) is 12.9. The molecule has 0 bridgehead atoms. The van der Waals surface area contributed by atoms with Crippen LogP contribution in [0.1, 0.15) is 66.8 Å². The minimum Gasteiger partial charge on any atom is -0.468 e. The number of rotatable bonds is 5. The Hall–Kier alpha value is -2.09. The molecule has 2 aromatic rings. The first-order valence-corrected chi connectivity index (χ1v) is 8.61. The summed E-state index contributed by atoms with van der Waals surface area (Å²) in [7, 11) is 0. The highest BCUT2D eigenvalue weighted by atomic mass is 16.3. The van der Waals surface area contributed by atoms with Gasteiger partial charge in [-0.25, -0.2) is 0 Å². The van der Waals surface area contributed by atoms with Gasteiger partial charge in [-0.15, -0.1) is 0 Å². The molecule has 0 atom stereocenters. The van der Waals surface area contributed by atoms with Crippen molar-refractivity contribution in [2.45, 2.75) is 52.4 Å². The van der Waals surface area contributed by atoms with Gasteiger partial charge in [0, 0.05) is 28.7 Å². The zero-order valence-electron chi connectivity index (χ0n) is 14.0. The standard InChI is InChI=1S/C21H24O2/c1-3-4-13-20-18-12-8-11-17(15(2)19(18)14-23-20)21(22)16-9-6-5-7-10-16/h5-7,9-10,14H,3-4,8,11-13H2,1-2H3. The zero-order valence-corrected chi connectivity index (χ0v) is 14.0. The largest absolute Gasteiger partial charge is 0.468 e. The van der Waals surface area contributed by atoms with Gasteiger partial charge in [-0.3, -0.25) is 4.79 Å². The van der Waals surface area contributed by atoms with E-state index in [0.717, 1.165) is 60.1 Å². The Morgan fingerprint density at radius 3 is 2.70 bits per heavy atom. The second kappa shape index (κ2) is 6.99. The van der Waals surface area contributed by atoms with Crippen molar-refractivity contribution in [1.29, 1.82) is 0 Å². The fourth-order valence-electron chi connectivity index (χ4n) is 3.40. The van der Waals surface area contributed by atoms with Gasteiger partial charge in [-0.1, -0.05) is 43.7 Å². The summed E-state index contributed by atoms with van der Waals surface area (Å²) in [6.45, 7) is 4.27. The Labute approximate surface area is 138 Å². The van der Waals surface area contributed by atoms with Crippen molar-refractivity contribution in [3.05, 3.63) is 64.6 Å². The zero-order chi connectivity index (χ0) is 16.2. The molecule has 23 heavy (non-hydrogen) atoms. The second-order valence-corrected chi connectivity index (χ2v) is 6.31. The van der Waals surface area contributed by atoms with E-state index in [-0.39, 0.29) is 5.78 Å². The fraction of sp³-hybridized carbons (Fsp3) is 0.381. The van der Waals surface area contributed by atoms with Crippen molar-refractivity contribution in [2.24, 2.45) is 0 Å². The van der Waals surface area contributed by atoms with Gasteiger partial charge in [0.25, 0.3) is 0 Å². The number of fused-ring (bicyclic) bond motifs is 1. The van der Waals surface area contributed by atoms with Gasteiger partial charge in [0.1, 0.15) is 5.76 Å². The van der Waals surface area contributed by atoms with Crippen LogP contribution in [0.15, 0.2) is 46.6 Å². The van der Waals surface area contributed by atoms with E-state index in [1.54, 1.807) is 0 Å². The molecule has 2 heteroatoms. The van der Waals surface area contributed by atoms with Crippen molar-refractivity contribution >= 4 is 11.4 Å². The number of furan rings is 1. The van der Waals surface area contributed by atoms with Crippen LogP contribution in [0.2, 0.25) is 0 Å². The highest BCUT2D eigenvalue weighted by molar-refractivity contribution is 6.13. The summed E-state index contributed by atoms with van der Waals surface area (Å²) in [6, 6.07) is 9.59. The van der Waals surface area contributed by atoms with Crippen molar-refractivity contribution in [3.8, 4) is 0 Å². The maximum atomic E-state index is 12.9. The highest BCUT2D eigenvalue weighted by Crippen LogP contribution is 2.35. The van der Waals surface area contributed by atoms with Crippen molar-refractivity contribution < 1.29 is 9.21 Å². The van der Waals surface area contributed by atoms with Crippen LogP contribution in [-0.2, 0) is 12.8 Å². The van der Waals surface area contributed by atoms with Crippen LogP contribution in [-0.4, -0.2) is 5.78 Å². The van der Waals surface area contributed by atoms with Crippen molar-refractivity contribution in [2.75, 3.05) is 0 Å². The Morgan fingerprint density at radius 2 is 1.96 bits per heavy atom. The monoisotopic (exact) mass is 308 g/mol. The molecule has 1 aromatic heterocycles. The molecule has 0 saturated heterocycles. The van der Waals surface area contributed by atoms with Crippen molar-refractivity contribution in [1.82, 2.24) is 0 Å². The maximum Gasteiger partial charge on any atom is 0.189 e. The number of Topliss-reactive ketones (excluding diaryl/α,β-unsaturated/α-hetero) is 1. The molecule has 3 rings (SSSR count). The predicted molar refractivity (Wildman–Crippen MR) is 93.6 cm³/mol. The number of ketones is 1. The lowest BCUT2D eigenvalue weighted by atomic mass is 9.94. The fourth-order valence-corrected chi connectivity index (χ4v) is 3.40. The SMILES string of the molecule is CCCCc1occ2c1CCCC(C(=O)c1ccccc1)=C2C. The smallest absolute Gasteiger partial charge is 0.189 e. The molecular weight excluding hydrogens is 284 g/mol. The Kier molecular flexibility index (Phi) is 4.80. The van der Waals surface area contributed by atoms with E-state index in [2.05, 4.69) is 13.8 Å². The normalized spacial score (nSPS) is 14.5. The Balaban J connectivity index is 1.97. The van der Waals surface area contributed by atoms with E-state index in [1.807, 2.05) is 36.6 Å². The lowest BCUT2D eigenvalue weighted by Crippen LogP contribution is -2.05. The number of benzene rings is 1. The van der Waals surface area contributed by atoms with Crippen LogP contribution in [0.25, 0.3) is 5.57 Å². The molecule has 1 heterocycles. The molecule has 0 N–H and O–H groups in total. The molecule has 0 radical (unpaired) electrons. The predicted octanol–water partition coefficient (Wildman–Crippen LogP) is 5.61. The number of carbonyl (C=O) groups is 1. The number of aryl methyl sites for hydroxylation is 1. The number of carbonyl (C=O) groups excluding carboxylic acids is 1. The first-order valence-electron chi connectivity index (χ1n) is 8.61. The minimum absolute atomic E-state index is 0.159. The quantitative estimate of drug-likeness (QED) is 0.671. The molecule has 2 nitrogen and oxygen atoms in total. The number of hydrogen-bond acceptors (Lipinski definition) is 2. The third-order valence-corrected chi connectivity index (χ3v) is 4.76. The second-order valence-electron chi connectivity index (χ2n) is 6.31. The van der Waals surface area contributed by atoms with Gasteiger partial charge in [0.2, 0.25) is 0 Å². The molecule has 1 aliphatic carbocycles. The van der Waals surface area contributed by atoms with Gasteiger partial charge >= 0.3 is 0 Å². The van der Waals surface area contributed by atoms with Gasteiger partial charge < -0.3 is 4.42 Å². The third-order valence-electron chi connectivity index (χ3n) is 4.76. The minimum atomic E-state index is 0.159. The third kappa shape index (κ3) is 3.17. The molecule has 0 aliphatic heterocycles. The van der Waals surface area contributed by atoms with Crippen LogP contribution in [0, 0.1) is 0 Å². The van der Waals surface area contributed by atoms with Gasteiger partial charge in [-0.05, 0) is 38.2 Å². The van der Waals surface area contributed by atoms with E-state index in [1.165, 1.54) is 12.0 Å². The molecule has 1 aliphatic rings. The molecule has 120 valence electrons. The van der Waals surface area contributed by atoms with Crippen LogP contribution in [0.4, 0.5) is 0 Å². The van der Waals surface area contributed by atoms with Crippen LogP contribution in [0.5, 0.6) is 0 Å². The van der Waals surface area contributed by atoms with E-state index < -0.39 is 0 Å². The molecular formula is C21H24O2. The molecule has 0 spiro atoms. The molecule has 0 fully saturated rings. The molecule has 1 aromatic carbocycles. The number of allylic oxidation sites excluding steroid dienone is 2. The molecule has 0 amide bonds. The molecule has 0 saturated carbocycles. The summed E-state index contributed by atoms with van der Waals surface area (Å²) in [5.41, 5.74) is 5.29. The summed E-state index contributed by atoms with van der Waals surface area (Å²) < 4.78 is 5.83. The van der Waals surface area contributed by atoms with Gasteiger partial charge in [0.05, 0.1) is 6.26 Å². The summed E-state index contributed by atoms with van der Waals surface area (Å²) >= 11 is 0. The van der Waals surface area contributed by atoms with E-state index in [4.69, 9.17) is 4.42 Å². The van der Waals surface area contributed by atoms with Crippen LogP contribution in [0.3, 0.4) is 0 Å². The summed E-state index contributed by atoms with van der Waals surface area (Å²) in [5.74, 6) is 1.28. The topological polar surface area (TPSA) is 30.2 Å². The average Bonchev–Trinajstić information content (AvgIpc) is 2.91. The lowest BCUT2D eigenvalue weighted by Gasteiger charge is -2.08. The van der Waals surface area contributed by atoms with Gasteiger partial charge in [-0.2, -0.15) is 0 Å². The van der Waals surface area contributed by atoms with Crippen LogP contribution < -0.4 is 0 Å². The Bertz CT molecular complexity index is 720. The van der Waals surface area contributed by atoms with E-state index in [9.17, 15) is 4.79 Å². The summed E-state index contributed by atoms with van der Waals surface area (Å²) in [6.07, 6.45) is 8.05. The maximum absolute atomic E-state index is 12.9. The Morgan fingerprint density at radius 1 is 1.17 bits per heavy atom. The van der Waals surface area contributed by atoms with Crippen molar-refractivity contribution in [3.63, 3.8) is 0 Å². The first kappa shape index (κ1) is 15.8. The first-order chi connectivity index (χ1) is 11.2. The van der Waals surface area contributed by atoms with E-state index >= 15 is 0 Å².